The molecule has 2 rings (SSSR count). The van der Waals surface area contributed by atoms with E-state index in [9.17, 15) is 0 Å². The third kappa shape index (κ3) is 2.68. The number of hydrogen-bond donors (Lipinski definition) is 2. The van der Waals surface area contributed by atoms with Gasteiger partial charge in [0.1, 0.15) is 5.75 Å². The molecule has 17 heavy (non-hydrogen) atoms. The van der Waals surface area contributed by atoms with Gasteiger partial charge in [-0.05, 0) is 37.1 Å². The molecular formula is C14H18N2O. The zero-order chi connectivity index (χ0) is 12.3. The van der Waals surface area contributed by atoms with Gasteiger partial charge in [-0.1, -0.05) is 12.1 Å². The van der Waals surface area contributed by atoms with Crippen molar-refractivity contribution in [1.82, 2.24) is 4.98 Å². The summed E-state index contributed by atoms with van der Waals surface area (Å²) in [5, 5.41) is 0. The highest BCUT2D eigenvalue weighted by Gasteiger charge is 2.05. The number of rotatable bonds is 4. The molecule has 0 aliphatic heterocycles. The van der Waals surface area contributed by atoms with E-state index in [0.717, 1.165) is 22.4 Å². The predicted molar refractivity (Wildman–Crippen MR) is 69.9 cm³/mol. The van der Waals surface area contributed by atoms with Crippen LogP contribution in [0.3, 0.4) is 0 Å². The largest absolute Gasteiger partial charge is 0.491 e. The van der Waals surface area contributed by atoms with Crippen molar-refractivity contribution < 1.29 is 4.74 Å². The zero-order valence-electron chi connectivity index (χ0n) is 10.2. The van der Waals surface area contributed by atoms with Crippen LogP contribution in [0, 0.1) is 0 Å². The average molecular weight is 230 g/mol. The second-order valence-electron chi connectivity index (χ2n) is 4.29. The Balaban J connectivity index is 2.23. The van der Waals surface area contributed by atoms with Crippen molar-refractivity contribution in [2.24, 2.45) is 5.73 Å². The maximum absolute atomic E-state index is 5.68. The van der Waals surface area contributed by atoms with Crippen LogP contribution in [-0.4, -0.2) is 11.1 Å². The molecule has 0 bridgehead atoms. The van der Waals surface area contributed by atoms with E-state index in [2.05, 4.69) is 17.1 Å². The Hall–Kier alpha value is -1.74. The number of hydrogen-bond acceptors (Lipinski definition) is 2. The minimum atomic E-state index is 0.202. The van der Waals surface area contributed by atoms with Gasteiger partial charge in [-0.25, -0.2) is 0 Å². The summed E-state index contributed by atoms with van der Waals surface area (Å²) >= 11 is 0. The fourth-order valence-corrected chi connectivity index (χ4v) is 1.82. The van der Waals surface area contributed by atoms with Crippen LogP contribution in [-0.2, 0) is 6.54 Å². The fraction of sp³-hybridized carbons (Fsp3) is 0.286. The Morgan fingerprint density at radius 1 is 1.18 bits per heavy atom. The highest BCUT2D eigenvalue weighted by atomic mass is 16.5. The van der Waals surface area contributed by atoms with Crippen LogP contribution in [0.25, 0.3) is 11.1 Å². The minimum Gasteiger partial charge on any atom is -0.491 e. The summed E-state index contributed by atoms with van der Waals surface area (Å²) in [6.45, 7) is 4.59. The van der Waals surface area contributed by atoms with E-state index >= 15 is 0 Å². The molecule has 0 radical (unpaired) electrons. The molecule has 0 saturated carbocycles. The van der Waals surface area contributed by atoms with Gasteiger partial charge in [0.25, 0.3) is 0 Å². The third-order valence-electron chi connectivity index (χ3n) is 2.59. The predicted octanol–water partition coefficient (Wildman–Crippen LogP) is 2.93. The van der Waals surface area contributed by atoms with Crippen LogP contribution in [0.5, 0.6) is 5.75 Å². The molecule has 0 amide bonds. The Morgan fingerprint density at radius 2 is 1.88 bits per heavy atom. The Bertz CT molecular complexity index is 471. The molecule has 2 aromatic rings. The molecule has 0 fully saturated rings. The first-order chi connectivity index (χ1) is 8.20. The maximum Gasteiger partial charge on any atom is 0.119 e. The summed E-state index contributed by atoms with van der Waals surface area (Å²) in [4.78, 5) is 3.08. The van der Waals surface area contributed by atoms with E-state index in [0.29, 0.717) is 6.54 Å². The molecule has 0 saturated heterocycles. The van der Waals surface area contributed by atoms with E-state index < -0.39 is 0 Å². The molecule has 1 aromatic heterocycles. The van der Waals surface area contributed by atoms with E-state index in [1.807, 2.05) is 38.4 Å². The molecule has 90 valence electrons. The van der Waals surface area contributed by atoms with Crippen LogP contribution in [0.2, 0.25) is 0 Å². The van der Waals surface area contributed by atoms with E-state index in [-0.39, 0.29) is 6.10 Å². The van der Waals surface area contributed by atoms with Gasteiger partial charge in [-0.2, -0.15) is 0 Å². The standard InChI is InChI=1S/C14H18N2O/c1-10(2)17-13-5-3-11(4-6-13)14-9-16-8-12(14)7-15/h3-6,8-10,16H,7,15H2,1-2H3. The number of benzene rings is 1. The summed E-state index contributed by atoms with van der Waals surface area (Å²) in [5.41, 5.74) is 9.12. The summed E-state index contributed by atoms with van der Waals surface area (Å²) < 4.78 is 5.61. The summed E-state index contributed by atoms with van der Waals surface area (Å²) in [5.74, 6) is 0.897. The molecule has 0 unspecified atom stereocenters. The van der Waals surface area contributed by atoms with Gasteiger partial charge in [0.15, 0.2) is 0 Å². The molecular weight excluding hydrogens is 212 g/mol. The minimum absolute atomic E-state index is 0.202. The highest BCUT2D eigenvalue weighted by Crippen LogP contribution is 2.25. The normalized spacial score (nSPS) is 10.8. The van der Waals surface area contributed by atoms with Crippen molar-refractivity contribution in [1.29, 1.82) is 0 Å². The molecule has 0 aliphatic carbocycles. The molecule has 3 N–H and O–H groups in total. The van der Waals surface area contributed by atoms with E-state index in [1.54, 1.807) is 0 Å². The van der Waals surface area contributed by atoms with E-state index in [1.165, 1.54) is 0 Å². The topological polar surface area (TPSA) is 51.0 Å². The Labute approximate surface area is 102 Å². The van der Waals surface area contributed by atoms with Gasteiger partial charge < -0.3 is 15.5 Å². The van der Waals surface area contributed by atoms with Crippen LogP contribution in [0.4, 0.5) is 0 Å². The van der Waals surface area contributed by atoms with Crippen LogP contribution in [0.1, 0.15) is 19.4 Å². The number of aromatic nitrogens is 1. The number of aromatic amines is 1. The lowest BCUT2D eigenvalue weighted by Gasteiger charge is -2.10. The first-order valence-electron chi connectivity index (χ1n) is 5.83. The number of nitrogens with one attached hydrogen (secondary N) is 1. The second-order valence-corrected chi connectivity index (χ2v) is 4.29. The lowest BCUT2D eigenvalue weighted by atomic mass is 10.0. The van der Waals surface area contributed by atoms with Gasteiger partial charge in [0.05, 0.1) is 6.10 Å². The number of nitrogens with two attached hydrogens (primary N) is 1. The summed E-state index contributed by atoms with van der Waals surface area (Å²) in [7, 11) is 0. The van der Waals surface area contributed by atoms with Gasteiger partial charge in [0.2, 0.25) is 0 Å². The lowest BCUT2D eigenvalue weighted by Crippen LogP contribution is -2.05. The Morgan fingerprint density at radius 3 is 2.47 bits per heavy atom. The lowest BCUT2D eigenvalue weighted by molar-refractivity contribution is 0.242. The molecule has 0 atom stereocenters. The first kappa shape index (κ1) is 11.7. The number of ether oxygens (including phenoxy) is 1. The maximum atomic E-state index is 5.68. The smallest absolute Gasteiger partial charge is 0.119 e. The van der Waals surface area contributed by atoms with Gasteiger partial charge in [-0.15, -0.1) is 0 Å². The monoisotopic (exact) mass is 230 g/mol. The van der Waals surface area contributed by atoms with E-state index in [4.69, 9.17) is 10.5 Å². The van der Waals surface area contributed by atoms with Gasteiger partial charge >= 0.3 is 0 Å². The zero-order valence-corrected chi connectivity index (χ0v) is 10.2. The summed E-state index contributed by atoms with van der Waals surface area (Å²) in [6, 6.07) is 8.09. The Kier molecular flexibility index (Phi) is 3.49. The quantitative estimate of drug-likeness (QED) is 0.848. The molecule has 3 nitrogen and oxygen atoms in total. The van der Waals surface area contributed by atoms with Crippen LogP contribution in [0.15, 0.2) is 36.7 Å². The van der Waals surface area contributed by atoms with Gasteiger partial charge in [-0.3, -0.25) is 0 Å². The molecule has 1 heterocycles. The second kappa shape index (κ2) is 5.06. The first-order valence-corrected chi connectivity index (χ1v) is 5.83. The molecule has 0 spiro atoms. The van der Waals surface area contributed by atoms with Crippen molar-refractivity contribution in [3.8, 4) is 16.9 Å². The van der Waals surface area contributed by atoms with Crippen LogP contribution < -0.4 is 10.5 Å². The van der Waals surface area contributed by atoms with Crippen LogP contribution >= 0.6 is 0 Å². The third-order valence-corrected chi connectivity index (χ3v) is 2.59. The molecule has 3 heteroatoms. The SMILES string of the molecule is CC(C)Oc1ccc(-c2c[nH]cc2CN)cc1. The van der Waals surface area contributed by atoms with Gasteiger partial charge in [0, 0.05) is 24.5 Å². The summed E-state index contributed by atoms with van der Waals surface area (Å²) in [6.07, 6.45) is 4.11. The average Bonchev–Trinajstić information content (AvgIpc) is 2.77. The fourth-order valence-electron chi connectivity index (χ4n) is 1.82. The highest BCUT2D eigenvalue weighted by molar-refractivity contribution is 5.67. The number of H-pyrrole nitrogens is 1. The van der Waals surface area contributed by atoms with Crippen molar-refractivity contribution in [2.45, 2.75) is 26.5 Å². The van der Waals surface area contributed by atoms with Crippen molar-refractivity contribution in [3.63, 3.8) is 0 Å². The van der Waals surface area contributed by atoms with Crippen molar-refractivity contribution in [2.75, 3.05) is 0 Å². The van der Waals surface area contributed by atoms with Crippen molar-refractivity contribution >= 4 is 0 Å². The molecule has 0 aliphatic rings. The van der Waals surface area contributed by atoms with Crippen molar-refractivity contribution in [3.05, 3.63) is 42.2 Å². The molecule has 1 aromatic carbocycles.